The zero-order valence-corrected chi connectivity index (χ0v) is 15.0. The van der Waals surface area contributed by atoms with Gasteiger partial charge in [0.1, 0.15) is 11.4 Å². The molecular weight excluding hydrogens is 348 g/mol. The van der Waals surface area contributed by atoms with Crippen molar-refractivity contribution in [3.63, 3.8) is 0 Å². The molecule has 0 aliphatic rings. The second kappa shape index (κ2) is 6.18. The average Bonchev–Trinajstić information content (AvgIpc) is 2.93. The molecule has 3 heterocycles. The first-order chi connectivity index (χ1) is 11.7. The van der Waals surface area contributed by atoms with E-state index in [-0.39, 0.29) is 5.56 Å². The molecule has 0 spiro atoms. The molecule has 0 saturated carbocycles. The second-order valence-electron chi connectivity index (χ2n) is 6.46. The Labute approximate surface area is 146 Å². The predicted molar refractivity (Wildman–Crippen MR) is 91.1 cm³/mol. The van der Waals surface area contributed by atoms with Gasteiger partial charge in [0.25, 0.3) is 0 Å². The summed E-state index contributed by atoms with van der Waals surface area (Å²) in [4.78, 5) is 7.83. The highest BCUT2D eigenvalue weighted by Crippen LogP contribution is 2.32. The fourth-order valence-electron chi connectivity index (χ4n) is 2.44. The first kappa shape index (κ1) is 17.5. The van der Waals surface area contributed by atoms with Gasteiger partial charge in [-0.05, 0) is 20.8 Å². The van der Waals surface area contributed by atoms with Crippen molar-refractivity contribution in [2.24, 2.45) is 0 Å². The van der Waals surface area contributed by atoms with E-state index in [4.69, 9.17) is 4.74 Å². The fraction of sp³-hybridized carbons (Fsp3) is 0.294. The van der Waals surface area contributed by atoms with Gasteiger partial charge in [-0.3, -0.25) is 8.61 Å². The molecule has 0 aliphatic heterocycles. The standard InChI is InChI=1S/C17H17F2N3O2S/c1-17(2,3)25(23)13-9-22-11(8-20-16(22)7-12(13)24-4)10-5-14(18)21-15(19)6-10/h5-9H,1-4H3. The summed E-state index contributed by atoms with van der Waals surface area (Å²) in [6.45, 7) is 5.57. The lowest BCUT2D eigenvalue weighted by Crippen LogP contribution is -2.22. The summed E-state index contributed by atoms with van der Waals surface area (Å²) < 4.78 is 46.2. The molecule has 1 atom stereocenters. The van der Waals surface area contributed by atoms with E-state index in [1.54, 1.807) is 16.7 Å². The van der Waals surface area contributed by atoms with Crippen LogP contribution in [0.3, 0.4) is 0 Å². The van der Waals surface area contributed by atoms with Gasteiger partial charge in [-0.1, -0.05) is 0 Å². The average molecular weight is 365 g/mol. The van der Waals surface area contributed by atoms with E-state index < -0.39 is 27.4 Å². The SMILES string of the molecule is COc1cc2ncc(-c3cc(F)nc(F)c3)n2cc1S(=O)C(C)(C)C. The molecule has 0 amide bonds. The highest BCUT2D eigenvalue weighted by Gasteiger charge is 2.25. The van der Waals surface area contributed by atoms with Crippen molar-refractivity contribution in [2.75, 3.05) is 7.11 Å². The summed E-state index contributed by atoms with van der Waals surface area (Å²) in [7, 11) is 0.133. The van der Waals surface area contributed by atoms with Crippen LogP contribution < -0.4 is 4.74 Å². The minimum absolute atomic E-state index is 0.287. The molecule has 5 nitrogen and oxygen atoms in total. The molecule has 3 aromatic rings. The van der Waals surface area contributed by atoms with Gasteiger partial charge in [-0.15, -0.1) is 0 Å². The van der Waals surface area contributed by atoms with Crippen LogP contribution in [0.5, 0.6) is 5.75 Å². The molecule has 132 valence electrons. The van der Waals surface area contributed by atoms with E-state index in [1.807, 2.05) is 20.8 Å². The largest absolute Gasteiger partial charge is 0.495 e. The lowest BCUT2D eigenvalue weighted by atomic mass is 10.2. The van der Waals surface area contributed by atoms with Crippen LogP contribution in [0.2, 0.25) is 0 Å². The summed E-state index contributed by atoms with van der Waals surface area (Å²) in [6.07, 6.45) is 3.13. The number of methoxy groups -OCH3 is 1. The van der Waals surface area contributed by atoms with Gasteiger partial charge >= 0.3 is 0 Å². The van der Waals surface area contributed by atoms with Gasteiger partial charge in [0.15, 0.2) is 0 Å². The quantitative estimate of drug-likeness (QED) is 0.666. The van der Waals surface area contributed by atoms with E-state index >= 15 is 0 Å². The van der Waals surface area contributed by atoms with Crippen molar-refractivity contribution in [2.45, 2.75) is 30.4 Å². The number of hydrogen-bond acceptors (Lipinski definition) is 4. The lowest BCUT2D eigenvalue weighted by Gasteiger charge is -2.20. The molecule has 25 heavy (non-hydrogen) atoms. The van der Waals surface area contributed by atoms with Crippen LogP contribution in [-0.4, -0.2) is 30.4 Å². The van der Waals surface area contributed by atoms with E-state index in [1.165, 1.54) is 13.3 Å². The highest BCUT2D eigenvalue weighted by atomic mass is 32.2. The Morgan fingerprint density at radius 1 is 1.16 bits per heavy atom. The van der Waals surface area contributed by atoms with Gasteiger partial charge in [0.2, 0.25) is 11.9 Å². The number of imidazole rings is 1. The molecule has 0 aromatic carbocycles. The minimum atomic E-state index is -1.36. The van der Waals surface area contributed by atoms with Crippen LogP contribution in [-0.2, 0) is 10.8 Å². The summed E-state index contributed by atoms with van der Waals surface area (Å²) in [6, 6.07) is 3.89. The zero-order chi connectivity index (χ0) is 18.4. The Bertz CT molecular complexity index is 960. The maximum Gasteiger partial charge on any atom is 0.216 e. The van der Waals surface area contributed by atoms with E-state index in [0.29, 0.717) is 22.0 Å². The number of hydrogen-bond donors (Lipinski definition) is 0. The third kappa shape index (κ3) is 3.26. The van der Waals surface area contributed by atoms with E-state index in [2.05, 4.69) is 9.97 Å². The highest BCUT2D eigenvalue weighted by molar-refractivity contribution is 7.86. The van der Waals surface area contributed by atoms with Crippen LogP contribution in [0, 0.1) is 11.9 Å². The predicted octanol–water partition coefficient (Wildman–Crippen LogP) is 3.59. The first-order valence-electron chi connectivity index (χ1n) is 7.51. The number of ether oxygens (including phenoxy) is 1. The Kier molecular flexibility index (Phi) is 4.32. The Morgan fingerprint density at radius 2 is 1.80 bits per heavy atom. The molecule has 3 rings (SSSR count). The van der Waals surface area contributed by atoms with Gasteiger partial charge in [0.05, 0.1) is 34.7 Å². The molecule has 0 fully saturated rings. The molecular formula is C17H17F2N3O2S. The maximum absolute atomic E-state index is 13.5. The van der Waals surface area contributed by atoms with Crippen LogP contribution in [0.4, 0.5) is 8.78 Å². The van der Waals surface area contributed by atoms with Crippen molar-refractivity contribution in [1.29, 1.82) is 0 Å². The number of halogens is 2. The normalized spacial score (nSPS) is 13.2. The molecule has 1 unspecified atom stereocenters. The van der Waals surface area contributed by atoms with Gasteiger partial charge in [-0.2, -0.15) is 13.8 Å². The Morgan fingerprint density at radius 3 is 2.36 bits per heavy atom. The maximum atomic E-state index is 13.5. The number of rotatable bonds is 3. The van der Waals surface area contributed by atoms with Crippen LogP contribution in [0.15, 0.2) is 35.5 Å². The first-order valence-corrected chi connectivity index (χ1v) is 8.66. The van der Waals surface area contributed by atoms with Gasteiger partial charge in [0, 0.05) is 34.7 Å². The van der Waals surface area contributed by atoms with Crippen LogP contribution >= 0.6 is 0 Å². The summed E-state index contributed by atoms with van der Waals surface area (Å²) >= 11 is 0. The molecule has 0 bridgehead atoms. The monoisotopic (exact) mass is 365 g/mol. The van der Waals surface area contributed by atoms with Gasteiger partial charge in [-0.25, -0.2) is 4.98 Å². The Balaban J connectivity index is 2.25. The van der Waals surface area contributed by atoms with Crippen molar-refractivity contribution in [3.8, 4) is 17.0 Å². The van der Waals surface area contributed by atoms with E-state index in [9.17, 15) is 13.0 Å². The number of fused-ring (bicyclic) bond motifs is 1. The number of aromatic nitrogens is 3. The number of pyridine rings is 2. The number of nitrogens with zero attached hydrogens (tertiary/aromatic N) is 3. The summed E-state index contributed by atoms with van der Waals surface area (Å²) in [5.41, 5.74) is 1.26. The topological polar surface area (TPSA) is 56.5 Å². The van der Waals surface area contributed by atoms with Crippen molar-refractivity contribution >= 4 is 16.4 Å². The lowest BCUT2D eigenvalue weighted by molar-refractivity contribution is 0.403. The molecule has 0 N–H and O–H groups in total. The molecule has 8 heteroatoms. The summed E-state index contributed by atoms with van der Waals surface area (Å²) in [5, 5.41) is 0. The third-order valence-corrected chi connectivity index (χ3v) is 5.43. The zero-order valence-electron chi connectivity index (χ0n) is 14.2. The van der Waals surface area contributed by atoms with E-state index in [0.717, 1.165) is 12.1 Å². The molecule has 0 aliphatic carbocycles. The minimum Gasteiger partial charge on any atom is -0.495 e. The third-order valence-electron chi connectivity index (χ3n) is 3.61. The molecule has 0 saturated heterocycles. The fourth-order valence-corrected chi connectivity index (χ4v) is 3.63. The smallest absolute Gasteiger partial charge is 0.216 e. The molecule has 0 radical (unpaired) electrons. The molecule has 3 aromatic heterocycles. The van der Waals surface area contributed by atoms with Crippen LogP contribution in [0.25, 0.3) is 16.9 Å². The van der Waals surface area contributed by atoms with Gasteiger partial charge < -0.3 is 4.74 Å². The Hall–Kier alpha value is -2.35. The van der Waals surface area contributed by atoms with Crippen molar-refractivity contribution in [3.05, 3.63) is 42.5 Å². The van der Waals surface area contributed by atoms with Crippen molar-refractivity contribution < 1.29 is 17.7 Å². The van der Waals surface area contributed by atoms with Crippen LogP contribution in [0.1, 0.15) is 20.8 Å². The summed E-state index contributed by atoms with van der Waals surface area (Å²) in [5.74, 6) is -1.39. The second-order valence-corrected chi connectivity index (χ2v) is 8.66. The van der Waals surface area contributed by atoms with Crippen molar-refractivity contribution in [1.82, 2.24) is 14.4 Å².